The minimum Gasteiger partial charge on any atom is -0.492 e. The van der Waals surface area contributed by atoms with E-state index in [0.29, 0.717) is 36.0 Å². The Kier molecular flexibility index (Phi) is 5.99. The Morgan fingerprint density at radius 3 is 2.57 bits per heavy atom. The Labute approximate surface area is 178 Å². The largest absolute Gasteiger partial charge is 0.492 e. The van der Waals surface area contributed by atoms with Crippen LogP contribution in [0.15, 0.2) is 41.3 Å². The van der Waals surface area contributed by atoms with E-state index in [2.05, 4.69) is 4.72 Å². The maximum atomic E-state index is 13.1. The van der Waals surface area contributed by atoms with E-state index in [-0.39, 0.29) is 17.4 Å². The van der Waals surface area contributed by atoms with Gasteiger partial charge in [-0.2, -0.15) is 0 Å². The van der Waals surface area contributed by atoms with Gasteiger partial charge in [0, 0.05) is 6.54 Å². The van der Waals surface area contributed by atoms with Gasteiger partial charge in [0.05, 0.1) is 23.4 Å². The van der Waals surface area contributed by atoms with E-state index >= 15 is 0 Å². The highest BCUT2D eigenvalue weighted by atomic mass is 32.2. The van der Waals surface area contributed by atoms with Gasteiger partial charge in [-0.3, -0.25) is 9.52 Å². The lowest BCUT2D eigenvalue weighted by atomic mass is 9.93. The number of sulfonamides is 1. The van der Waals surface area contributed by atoms with Gasteiger partial charge in [-0.25, -0.2) is 8.42 Å². The second kappa shape index (κ2) is 8.18. The summed E-state index contributed by atoms with van der Waals surface area (Å²) in [6, 6.07) is 9.97. The fourth-order valence-electron chi connectivity index (χ4n) is 3.33. The Bertz CT molecular complexity index is 1060. The predicted molar refractivity (Wildman–Crippen MR) is 117 cm³/mol. The van der Waals surface area contributed by atoms with Crippen LogP contribution in [0.25, 0.3) is 0 Å². The van der Waals surface area contributed by atoms with Gasteiger partial charge in [-0.05, 0) is 70.5 Å². The standard InChI is InChI=1S/C22H28N2O5S/c1-6-24-17-13-16(9-11-18(17)29-14-22(4,5)21(24)25)23-30(26,27)20-12-15(3)8-10-19(20)28-7-2/h8-13,23H,6-7,14H2,1-5H3. The molecule has 2 aromatic carbocycles. The lowest BCUT2D eigenvalue weighted by molar-refractivity contribution is -0.127. The van der Waals surface area contributed by atoms with E-state index in [1.807, 2.05) is 27.7 Å². The van der Waals surface area contributed by atoms with Crippen LogP contribution in [0, 0.1) is 12.3 Å². The number of benzene rings is 2. The Morgan fingerprint density at radius 2 is 1.90 bits per heavy atom. The number of nitrogens with one attached hydrogen (secondary N) is 1. The molecule has 162 valence electrons. The number of rotatable bonds is 6. The number of ether oxygens (including phenoxy) is 2. The van der Waals surface area contributed by atoms with E-state index in [1.54, 1.807) is 48.2 Å². The van der Waals surface area contributed by atoms with Crippen molar-refractivity contribution in [2.45, 2.75) is 39.5 Å². The molecule has 0 atom stereocenters. The van der Waals surface area contributed by atoms with E-state index in [0.717, 1.165) is 5.56 Å². The summed E-state index contributed by atoms with van der Waals surface area (Å²) in [5.41, 5.74) is 1.01. The van der Waals surface area contributed by atoms with Crippen molar-refractivity contribution in [2.75, 3.05) is 29.4 Å². The number of amides is 1. The average molecular weight is 433 g/mol. The van der Waals surface area contributed by atoms with E-state index in [9.17, 15) is 13.2 Å². The zero-order valence-corrected chi connectivity index (χ0v) is 18.8. The zero-order chi connectivity index (χ0) is 22.1. The number of fused-ring (bicyclic) bond motifs is 1. The lowest BCUT2D eigenvalue weighted by Crippen LogP contribution is -2.42. The van der Waals surface area contributed by atoms with E-state index in [4.69, 9.17) is 9.47 Å². The van der Waals surface area contributed by atoms with Gasteiger partial charge in [0.2, 0.25) is 5.91 Å². The van der Waals surface area contributed by atoms with Crippen molar-refractivity contribution >= 4 is 27.3 Å². The molecule has 0 aliphatic carbocycles. The summed E-state index contributed by atoms with van der Waals surface area (Å²) in [6.45, 7) is 10.2. The number of anilines is 2. The molecule has 1 N–H and O–H groups in total. The van der Waals surface area contributed by atoms with Gasteiger partial charge in [0.1, 0.15) is 23.0 Å². The molecule has 7 nitrogen and oxygen atoms in total. The molecule has 1 aliphatic heterocycles. The number of hydrogen-bond acceptors (Lipinski definition) is 5. The molecule has 0 unspecified atom stereocenters. The van der Waals surface area contributed by atoms with Crippen LogP contribution >= 0.6 is 0 Å². The maximum Gasteiger partial charge on any atom is 0.265 e. The number of carbonyl (C=O) groups is 1. The molecular formula is C22H28N2O5S. The van der Waals surface area contributed by atoms with E-state index in [1.165, 1.54) is 0 Å². The number of aryl methyl sites for hydroxylation is 1. The van der Waals surface area contributed by atoms with Crippen LogP contribution < -0.4 is 19.1 Å². The summed E-state index contributed by atoms with van der Waals surface area (Å²) >= 11 is 0. The molecule has 0 bridgehead atoms. The van der Waals surface area contributed by atoms with Gasteiger partial charge in [0.25, 0.3) is 10.0 Å². The summed E-state index contributed by atoms with van der Waals surface area (Å²) in [5, 5.41) is 0. The van der Waals surface area contributed by atoms with E-state index < -0.39 is 15.4 Å². The van der Waals surface area contributed by atoms with Crippen LogP contribution in [0.5, 0.6) is 11.5 Å². The lowest BCUT2D eigenvalue weighted by Gasteiger charge is -2.27. The van der Waals surface area contributed by atoms with Crippen molar-refractivity contribution < 1.29 is 22.7 Å². The van der Waals surface area contributed by atoms with Crippen LogP contribution in [0.4, 0.5) is 11.4 Å². The molecule has 1 heterocycles. The van der Waals surface area contributed by atoms with Crippen molar-refractivity contribution in [3.63, 3.8) is 0 Å². The third kappa shape index (κ3) is 4.23. The Morgan fingerprint density at radius 1 is 1.17 bits per heavy atom. The van der Waals surface area contributed by atoms with Gasteiger partial charge in [-0.15, -0.1) is 0 Å². The average Bonchev–Trinajstić information content (AvgIpc) is 2.77. The van der Waals surface area contributed by atoms with Gasteiger partial charge < -0.3 is 14.4 Å². The molecule has 0 radical (unpaired) electrons. The summed E-state index contributed by atoms with van der Waals surface area (Å²) in [4.78, 5) is 14.6. The zero-order valence-electron chi connectivity index (χ0n) is 18.0. The first-order valence-corrected chi connectivity index (χ1v) is 11.4. The molecule has 0 fully saturated rings. The molecule has 1 aliphatic rings. The molecule has 30 heavy (non-hydrogen) atoms. The smallest absolute Gasteiger partial charge is 0.265 e. The van der Waals surface area contributed by atoms with Crippen molar-refractivity contribution in [3.8, 4) is 11.5 Å². The van der Waals surface area contributed by atoms with Gasteiger partial charge >= 0.3 is 0 Å². The third-order valence-corrected chi connectivity index (χ3v) is 6.32. The second-order valence-electron chi connectivity index (χ2n) is 7.89. The molecule has 8 heteroatoms. The Hall–Kier alpha value is -2.74. The highest BCUT2D eigenvalue weighted by molar-refractivity contribution is 7.92. The highest BCUT2D eigenvalue weighted by Crippen LogP contribution is 2.38. The van der Waals surface area contributed by atoms with Crippen LogP contribution in [-0.2, 0) is 14.8 Å². The molecule has 3 rings (SSSR count). The fourth-order valence-corrected chi connectivity index (χ4v) is 4.61. The SMILES string of the molecule is CCOc1ccc(C)cc1S(=O)(=O)Nc1ccc2c(c1)N(CC)C(=O)C(C)(C)CO2. The molecule has 0 saturated heterocycles. The summed E-state index contributed by atoms with van der Waals surface area (Å²) in [6.07, 6.45) is 0. The molecule has 0 saturated carbocycles. The number of nitrogens with zero attached hydrogens (tertiary/aromatic N) is 1. The first-order valence-electron chi connectivity index (χ1n) is 9.94. The highest BCUT2D eigenvalue weighted by Gasteiger charge is 2.37. The maximum absolute atomic E-state index is 13.1. The normalized spacial score (nSPS) is 15.8. The summed E-state index contributed by atoms with van der Waals surface area (Å²) < 4.78 is 40.2. The van der Waals surface area contributed by atoms with Crippen molar-refractivity contribution in [3.05, 3.63) is 42.0 Å². The first kappa shape index (κ1) is 22.0. The third-order valence-electron chi connectivity index (χ3n) is 4.92. The molecule has 1 amide bonds. The van der Waals surface area contributed by atoms with Crippen LogP contribution in [0.2, 0.25) is 0 Å². The molecule has 0 spiro atoms. The quantitative estimate of drug-likeness (QED) is 0.747. The van der Waals surface area contributed by atoms with Crippen molar-refractivity contribution in [2.24, 2.45) is 5.41 Å². The van der Waals surface area contributed by atoms with Crippen LogP contribution in [-0.4, -0.2) is 34.1 Å². The van der Waals surface area contributed by atoms with Gasteiger partial charge in [0.15, 0.2) is 0 Å². The van der Waals surface area contributed by atoms with Crippen molar-refractivity contribution in [1.82, 2.24) is 0 Å². The minimum absolute atomic E-state index is 0.0685. The minimum atomic E-state index is -3.90. The summed E-state index contributed by atoms with van der Waals surface area (Å²) in [5.74, 6) is 0.770. The van der Waals surface area contributed by atoms with Crippen LogP contribution in [0.1, 0.15) is 33.3 Å². The fraction of sp³-hybridized carbons (Fsp3) is 0.409. The molecular weight excluding hydrogens is 404 g/mol. The van der Waals surface area contributed by atoms with Crippen molar-refractivity contribution in [1.29, 1.82) is 0 Å². The number of hydrogen-bond donors (Lipinski definition) is 1. The number of carbonyl (C=O) groups excluding carboxylic acids is 1. The monoisotopic (exact) mass is 432 g/mol. The summed E-state index contributed by atoms with van der Waals surface area (Å²) in [7, 11) is -3.90. The Balaban J connectivity index is 2.00. The predicted octanol–water partition coefficient (Wildman–Crippen LogP) is 3.97. The molecule has 0 aromatic heterocycles. The first-order chi connectivity index (χ1) is 14.1. The topological polar surface area (TPSA) is 84.9 Å². The van der Waals surface area contributed by atoms with Crippen LogP contribution in [0.3, 0.4) is 0 Å². The second-order valence-corrected chi connectivity index (χ2v) is 9.54. The van der Waals surface area contributed by atoms with Gasteiger partial charge in [-0.1, -0.05) is 6.07 Å². The molecule has 2 aromatic rings.